The number of nitrogens with one attached hydrogen (secondary N) is 2. The average Bonchev–Trinajstić information content (AvgIpc) is 2.81. The molecule has 0 spiro atoms. The first-order valence-electron chi connectivity index (χ1n) is 6.81. The summed E-state index contributed by atoms with van der Waals surface area (Å²) in [7, 11) is -2.81. The Bertz CT molecular complexity index is 496. The summed E-state index contributed by atoms with van der Waals surface area (Å²) in [5.41, 5.74) is 0. The zero-order chi connectivity index (χ0) is 13.7. The summed E-state index contributed by atoms with van der Waals surface area (Å²) in [5.74, 6) is 0.569. The Kier molecular flexibility index (Phi) is 5.38. The van der Waals surface area contributed by atoms with E-state index >= 15 is 0 Å². The lowest BCUT2D eigenvalue weighted by atomic mass is 10.2. The van der Waals surface area contributed by atoms with Gasteiger partial charge in [-0.25, -0.2) is 8.42 Å². The van der Waals surface area contributed by atoms with Crippen LogP contribution in [0.3, 0.4) is 0 Å². The highest BCUT2D eigenvalue weighted by molar-refractivity contribution is 7.91. The van der Waals surface area contributed by atoms with E-state index in [-0.39, 0.29) is 17.5 Å². The van der Waals surface area contributed by atoms with Crippen LogP contribution in [0.15, 0.2) is 12.1 Å². The summed E-state index contributed by atoms with van der Waals surface area (Å²) in [6, 6.07) is 4.46. The third kappa shape index (κ3) is 4.87. The summed E-state index contributed by atoms with van der Waals surface area (Å²) < 4.78 is 23.0. The largest absolute Gasteiger partial charge is 0.312 e. The molecule has 1 fully saturated rings. The van der Waals surface area contributed by atoms with Crippen molar-refractivity contribution in [1.29, 1.82) is 0 Å². The molecular formula is C13H22N2O2S2. The Balaban J connectivity index is 1.66. The Hall–Kier alpha value is -0.430. The van der Waals surface area contributed by atoms with Gasteiger partial charge >= 0.3 is 0 Å². The van der Waals surface area contributed by atoms with Crippen molar-refractivity contribution in [2.45, 2.75) is 32.4 Å². The molecule has 1 unspecified atom stereocenters. The fourth-order valence-corrected chi connectivity index (χ4v) is 4.67. The minimum absolute atomic E-state index is 0.112. The normalized spacial score (nSPS) is 22.5. The lowest BCUT2D eigenvalue weighted by molar-refractivity contribution is 0.479. The maximum absolute atomic E-state index is 11.5. The van der Waals surface area contributed by atoms with Crippen LogP contribution in [-0.2, 0) is 22.8 Å². The van der Waals surface area contributed by atoms with E-state index in [2.05, 4.69) is 29.7 Å². The Morgan fingerprint density at radius 2 is 2.21 bits per heavy atom. The topological polar surface area (TPSA) is 58.2 Å². The van der Waals surface area contributed by atoms with Crippen LogP contribution in [0, 0.1) is 0 Å². The van der Waals surface area contributed by atoms with Crippen LogP contribution in [0.2, 0.25) is 0 Å². The van der Waals surface area contributed by atoms with Gasteiger partial charge in [0.05, 0.1) is 11.5 Å². The van der Waals surface area contributed by atoms with E-state index < -0.39 is 9.84 Å². The summed E-state index contributed by atoms with van der Waals surface area (Å²) >= 11 is 1.84. The summed E-state index contributed by atoms with van der Waals surface area (Å²) in [6.45, 7) is 4.49. The molecule has 0 aliphatic carbocycles. The molecule has 19 heavy (non-hydrogen) atoms. The summed E-state index contributed by atoms with van der Waals surface area (Å²) in [4.78, 5) is 2.76. The molecule has 2 rings (SSSR count). The maximum atomic E-state index is 11.5. The standard InChI is InChI=1S/C13H22N2O2S2/c1-2-12-3-4-13(18-12)9-14-6-5-11-10-19(16,17)8-7-15-11/h3-4,11,14-15H,2,5-10H2,1H3. The fraction of sp³-hybridized carbons (Fsp3) is 0.692. The second-order valence-electron chi connectivity index (χ2n) is 4.95. The first-order chi connectivity index (χ1) is 9.09. The number of hydrogen-bond acceptors (Lipinski definition) is 5. The van der Waals surface area contributed by atoms with Crippen LogP contribution in [-0.4, -0.2) is 39.1 Å². The number of thiophene rings is 1. The highest BCUT2D eigenvalue weighted by Crippen LogP contribution is 2.16. The van der Waals surface area contributed by atoms with Crippen molar-refractivity contribution >= 4 is 21.2 Å². The molecule has 108 valence electrons. The summed E-state index contributed by atoms with van der Waals surface area (Å²) in [6.07, 6.45) is 1.96. The molecule has 1 saturated heterocycles. The molecule has 1 aliphatic heterocycles. The molecule has 0 radical (unpaired) electrons. The fourth-order valence-electron chi connectivity index (χ4n) is 2.25. The van der Waals surface area contributed by atoms with Gasteiger partial charge in [0.15, 0.2) is 9.84 Å². The minimum Gasteiger partial charge on any atom is -0.312 e. The molecule has 0 aromatic carbocycles. The summed E-state index contributed by atoms with van der Waals surface area (Å²) in [5, 5.41) is 6.66. The Morgan fingerprint density at radius 1 is 1.42 bits per heavy atom. The second-order valence-corrected chi connectivity index (χ2v) is 8.43. The molecule has 6 heteroatoms. The van der Waals surface area contributed by atoms with Gasteiger partial charge in [0.25, 0.3) is 0 Å². The molecule has 1 aliphatic rings. The van der Waals surface area contributed by atoms with Crippen LogP contribution in [0.4, 0.5) is 0 Å². The van der Waals surface area contributed by atoms with E-state index in [1.54, 1.807) is 0 Å². The van der Waals surface area contributed by atoms with Gasteiger partial charge in [0.1, 0.15) is 0 Å². The second kappa shape index (κ2) is 6.83. The van der Waals surface area contributed by atoms with E-state index in [4.69, 9.17) is 0 Å². The monoisotopic (exact) mass is 302 g/mol. The van der Waals surface area contributed by atoms with E-state index in [0.717, 1.165) is 25.9 Å². The highest BCUT2D eigenvalue weighted by Gasteiger charge is 2.23. The molecule has 0 bridgehead atoms. The number of sulfone groups is 1. The highest BCUT2D eigenvalue weighted by atomic mass is 32.2. The van der Waals surface area contributed by atoms with Gasteiger partial charge in [-0.3, -0.25) is 0 Å². The first-order valence-corrected chi connectivity index (χ1v) is 9.45. The van der Waals surface area contributed by atoms with Gasteiger partial charge in [-0.2, -0.15) is 0 Å². The molecule has 2 heterocycles. The van der Waals surface area contributed by atoms with Crippen LogP contribution < -0.4 is 10.6 Å². The lowest BCUT2D eigenvalue weighted by Gasteiger charge is -2.23. The maximum Gasteiger partial charge on any atom is 0.153 e. The van der Waals surface area contributed by atoms with E-state index in [1.165, 1.54) is 9.75 Å². The minimum atomic E-state index is -2.81. The predicted octanol–water partition coefficient (Wildman–Crippen LogP) is 1.18. The van der Waals surface area contributed by atoms with Crippen LogP contribution in [0.5, 0.6) is 0 Å². The van der Waals surface area contributed by atoms with E-state index in [9.17, 15) is 8.42 Å². The first kappa shape index (κ1) is 15.0. The van der Waals surface area contributed by atoms with Gasteiger partial charge in [0.2, 0.25) is 0 Å². The van der Waals surface area contributed by atoms with Crippen LogP contribution in [0.25, 0.3) is 0 Å². The Morgan fingerprint density at radius 3 is 2.89 bits per heavy atom. The van der Waals surface area contributed by atoms with Gasteiger partial charge in [-0.15, -0.1) is 11.3 Å². The SMILES string of the molecule is CCc1ccc(CNCCC2CS(=O)(=O)CCN2)s1. The van der Waals surface area contributed by atoms with Gasteiger partial charge in [-0.05, 0) is 31.5 Å². The van der Waals surface area contributed by atoms with Crippen molar-refractivity contribution in [3.63, 3.8) is 0 Å². The van der Waals surface area contributed by atoms with Crippen molar-refractivity contribution in [2.75, 3.05) is 24.6 Å². The molecule has 1 aromatic rings. The van der Waals surface area contributed by atoms with E-state index in [1.807, 2.05) is 11.3 Å². The zero-order valence-corrected chi connectivity index (χ0v) is 12.9. The molecule has 1 atom stereocenters. The lowest BCUT2D eigenvalue weighted by Crippen LogP contribution is -2.46. The Labute approximate surface area is 119 Å². The zero-order valence-electron chi connectivity index (χ0n) is 11.3. The van der Waals surface area contributed by atoms with Gasteiger partial charge in [-0.1, -0.05) is 6.92 Å². The number of hydrogen-bond donors (Lipinski definition) is 2. The van der Waals surface area contributed by atoms with Gasteiger partial charge < -0.3 is 10.6 Å². The molecule has 2 N–H and O–H groups in total. The number of rotatable bonds is 6. The molecule has 4 nitrogen and oxygen atoms in total. The van der Waals surface area contributed by atoms with Crippen molar-refractivity contribution < 1.29 is 8.42 Å². The quantitative estimate of drug-likeness (QED) is 0.775. The molecule has 1 aromatic heterocycles. The van der Waals surface area contributed by atoms with Crippen molar-refractivity contribution in [2.24, 2.45) is 0 Å². The van der Waals surface area contributed by atoms with Gasteiger partial charge in [0, 0.05) is 28.9 Å². The van der Waals surface area contributed by atoms with Crippen molar-refractivity contribution in [3.05, 3.63) is 21.9 Å². The third-order valence-electron chi connectivity index (χ3n) is 3.34. The molecule has 0 amide bonds. The van der Waals surface area contributed by atoms with Crippen LogP contribution >= 0.6 is 11.3 Å². The third-order valence-corrected chi connectivity index (χ3v) is 6.30. The van der Waals surface area contributed by atoms with Crippen molar-refractivity contribution in [1.82, 2.24) is 10.6 Å². The predicted molar refractivity (Wildman–Crippen MR) is 80.5 cm³/mol. The smallest absolute Gasteiger partial charge is 0.153 e. The van der Waals surface area contributed by atoms with E-state index in [0.29, 0.717) is 6.54 Å². The number of aryl methyl sites for hydroxylation is 1. The van der Waals surface area contributed by atoms with Crippen molar-refractivity contribution in [3.8, 4) is 0 Å². The average molecular weight is 302 g/mol. The van der Waals surface area contributed by atoms with Crippen LogP contribution in [0.1, 0.15) is 23.1 Å². The molecular weight excluding hydrogens is 280 g/mol. The molecule has 0 saturated carbocycles.